The van der Waals surface area contributed by atoms with Crippen LogP contribution in [0.1, 0.15) is 12.8 Å². The fourth-order valence-electron chi connectivity index (χ4n) is 1.61. The minimum absolute atomic E-state index is 0.493. The summed E-state index contributed by atoms with van der Waals surface area (Å²) in [5.74, 6) is -1.76. The molecule has 0 spiro atoms. The summed E-state index contributed by atoms with van der Waals surface area (Å²) in [6, 6.07) is -1.56. The monoisotopic (exact) mass is 464 g/mol. The summed E-state index contributed by atoms with van der Waals surface area (Å²) in [5.41, 5.74) is 0. The molecular formula is C6H20O14S2Si3. The zero-order chi connectivity index (χ0) is 20.2. The Morgan fingerprint density at radius 2 is 1.08 bits per heavy atom. The van der Waals surface area contributed by atoms with Gasteiger partial charge in [-0.3, -0.25) is 9.11 Å². The van der Waals surface area contributed by atoms with E-state index in [1.54, 1.807) is 0 Å². The Labute approximate surface area is 146 Å². The Morgan fingerprint density at radius 1 is 0.680 bits per heavy atom. The fourth-order valence-corrected chi connectivity index (χ4v) is 9.92. The minimum Gasteiger partial charge on any atom is -0.391 e. The van der Waals surface area contributed by atoms with E-state index in [2.05, 4.69) is 8.23 Å². The van der Waals surface area contributed by atoms with Crippen molar-refractivity contribution in [3.8, 4) is 0 Å². The van der Waals surface area contributed by atoms with Crippen LogP contribution in [0.25, 0.3) is 0 Å². The van der Waals surface area contributed by atoms with Crippen molar-refractivity contribution in [3.05, 3.63) is 0 Å². The smallest absolute Gasteiger partial charge is 0.391 e. The van der Waals surface area contributed by atoms with Crippen LogP contribution in [0.15, 0.2) is 0 Å². The lowest BCUT2D eigenvalue weighted by molar-refractivity contribution is 0.0725. The molecule has 0 aromatic rings. The predicted octanol–water partition coefficient (Wildman–Crippen LogP) is -4.16. The molecule has 14 nitrogen and oxygen atoms in total. The Hall–Kier alpha value is 0.151. The summed E-state index contributed by atoms with van der Waals surface area (Å²) >= 11 is 0. The second kappa shape index (κ2) is 8.89. The van der Waals surface area contributed by atoms with Crippen LogP contribution >= 0.6 is 0 Å². The Kier molecular flexibility index (Phi) is 8.95. The van der Waals surface area contributed by atoms with Gasteiger partial charge >= 0.3 is 26.7 Å². The summed E-state index contributed by atoms with van der Waals surface area (Å²) in [4.78, 5) is 56.1. The standard InChI is InChI=1S/C6H20O14S2Si3/c7-21(8,9)3-1-5-23(13,14)19-24(15,20-25(16,17)18)6-2-4-22(10,11)12/h13-18H,1-6H2,(H,7,8,9)(H,10,11,12). The molecule has 0 bridgehead atoms. The van der Waals surface area contributed by atoms with Gasteiger partial charge in [0.2, 0.25) is 0 Å². The molecule has 0 heterocycles. The first-order valence-corrected chi connectivity index (χ1v) is 15.4. The zero-order valence-electron chi connectivity index (χ0n) is 12.6. The lowest BCUT2D eigenvalue weighted by atomic mass is 10.6. The predicted molar refractivity (Wildman–Crippen MR) is 84.4 cm³/mol. The van der Waals surface area contributed by atoms with Gasteiger partial charge < -0.3 is 37.0 Å². The molecular weight excluding hydrogens is 444 g/mol. The van der Waals surface area contributed by atoms with E-state index < -0.39 is 83.3 Å². The van der Waals surface area contributed by atoms with Crippen LogP contribution in [0.4, 0.5) is 0 Å². The first kappa shape index (κ1) is 25.2. The summed E-state index contributed by atoms with van der Waals surface area (Å²) in [7, 11) is -24.0. The van der Waals surface area contributed by atoms with Crippen molar-refractivity contribution in [2.45, 2.75) is 24.9 Å². The van der Waals surface area contributed by atoms with Gasteiger partial charge in [0.05, 0.1) is 11.5 Å². The van der Waals surface area contributed by atoms with Gasteiger partial charge in [0.15, 0.2) is 0 Å². The molecule has 19 heteroatoms. The van der Waals surface area contributed by atoms with Gasteiger partial charge in [-0.2, -0.15) is 16.8 Å². The van der Waals surface area contributed by atoms with E-state index in [1.165, 1.54) is 0 Å². The molecule has 0 aliphatic carbocycles. The van der Waals surface area contributed by atoms with Crippen molar-refractivity contribution in [1.82, 2.24) is 0 Å². The Balaban J connectivity index is 5.00. The van der Waals surface area contributed by atoms with E-state index >= 15 is 0 Å². The van der Waals surface area contributed by atoms with Crippen molar-refractivity contribution in [1.29, 1.82) is 0 Å². The molecule has 0 aliphatic heterocycles. The Morgan fingerprint density at radius 3 is 1.44 bits per heavy atom. The molecule has 0 saturated carbocycles. The highest BCUT2D eigenvalue weighted by Crippen LogP contribution is 2.22. The van der Waals surface area contributed by atoms with Crippen molar-refractivity contribution < 1.29 is 62.9 Å². The largest absolute Gasteiger partial charge is 0.663 e. The molecule has 1 atom stereocenters. The van der Waals surface area contributed by atoms with Crippen LogP contribution in [0.3, 0.4) is 0 Å². The molecule has 0 amide bonds. The second-order valence-corrected chi connectivity index (χ2v) is 14.8. The van der Waals surface area contributed by atoms with E-state index in [9.17, 15) is 31.2 Å². The molecule has 0 aromatic heterocycles. The van der Waals surface area contributed by atoms with Gasteiger partial charge in [-0.05, 0) is 12.8 Å². The molecule has 0 radical (unpaired) electrons. The third kappa shape index (κ3) is 15.0. The number of rotatable bonds is 12. The van der Waals surface area contributed by atoms with Crippen molar-refractivity contribution in [3.63, 3.8) is 0 Å². The van der Waals surface area contributed by atoms with Gasteiger partial charge in [-0.1, -0.05) is 0 Å². The Bertz CT molecular complexity index is 625. The van der Waals surface area contributed by atoms with Crippen LogP contribution in [-0.4, -0.2) is 92.9 Å². The van der Waals surface area contributed by atoms with Crippen LogP contribution < -0.4 is 0 Å². The summed E-state index contributed by atoms with van der Waals surface area (Å²) in [5, 5.41) is 0. The maximum absolute atomic E-state index is 10.6. The van der Waals surface area contributed by atoms with Gasteiger partial charge in [-0.25, -0.2) is 0 Å². The molecule has 25 heavy (non-hydrogen) atoms. The second-order valence-electron chi connectivity index (χ2n) is 5.01. The summed E-state index contributed by atoms with van der Waals surface area (Å²) < 4.78 is 68.2. The SMILES string of the molecule is O=S(=O)(O)CCC[Si](O)(O)O[Si](O)(CCCS(=O)(=O)O)O[Si](O)(O)O. The lowest BCUT2D eigenvalue weighted by Gasteiger charge is -2.31. The molecule has 0 saturated heterocycles. The lowest BCUT2D eigenvalue weighted by Crippen LogP contribution is -2.60. The van der Waals surface area contributed by atoms with Crippen molar-refractivity contribution >= 4 is 46.9 Å². The van der Waals surface area contributed by atoms with Crippen LogP contribution in [0.5, 0.6) is 0 Å². The highest BCUT2D eigenvalue weighted by Gasteiger charge is 2.53. The van der Waals surface area contributed by atoms with E-state index in [1.807, 2.05) is 0 Å². The molecule has 152 valence electrons. The molecule has 0 aromatic carbocycles. The molecule has 1 unspecified atom stereocenters. The molecule has 8 N–H and O–H groups in total. The highest BCUT2D eigenvalue weighted by atomic mass is 32.2. The third-order valence-electron chi connectivity index (χ3n) is 2.42. The van der Waals surface area contributed by atoms with Gasteiger partial charge in [0.1, 0.15) is 0 Å². The van der Waals surface area contributed by atoms with Gasteiger partial charge in [0, 0.05) is 12.1 Å². The topological polar surface area (TPSA) is 249 Å². The van der Waals surface area contributed by atoms with Gasteiger partial charge in [-0.15, -0.1) is 0 Å². The van der Waals surface area contributed by atoms with E-state index in [-0.39, 0.29) is 0 Å². The quantitative estimate of drug-likeness (QED) is 0.101. The molecule has 0 aliphatic rings. The number of hydrogen-bond acceptors (Lipinski definition) is 12. The average molecular weight is 465 g/mol. The minimum atomic E-state index is -5.41. The third-order valence-corrected chi connectivity index (χ3v) is 11.0. The maximum Gasteiger partial charge on any atom is 0.663 e. The zero-order valence-corrected chi connectivity index (χ0v) is 17.2. The van der Waals surface area contributed by atoms with Crippen LogP contribution in [0.2, 0.25) is 12.1 Å². The van der Waals surface area contributed by atoms with Crippen LogP contribution in [-0.2, 0) is 28.5 Å². The first-order valence-electron chi connectivity index (χ1n) is 6.47. The fraction of sp³-hybridized carbons (Fsp3) is 1.00. The van der Waals surface area contributed by atoms with Crippen molar-refractivity contribution in [2.75, 3.05) is 11.5 Å². The summed E-state index contributed by atoms with van der Waals surface area (Å²) in [6.07, 6.45) is -1.05. The molecule has 0 fully saturated rings. The van der Waals surface area contributed by atoms with Crippen molar-refractivity contribution in [2.24, 2.45) is 0 Å². The van der Waals surface area contributed by atoms with E-state index in [0.717, 1.165) is 0 Å². The summed E-state index contributed by atoms with van der Waals surface area (Å²) in [6.45, 7) is 0. The normalized spacial score (nSPS) is 16.6. The first-order chi connectivity index (χ1) is 10.8. The number of hydrogen-bond donors (Lipinski definition) is 8. The highest BCUT2D eigenvalue weighted by molar-refractivity contribution is 7.86. The van der Waals surface area contributed by atoms with E-state index in [0.29, 0.717) is 0 Å². The van der Waals surface area contributed by atoms with Gasteiger partial charge in [0.25, 0.3) is 20.2 Å². The van der Waals surface area contributed by atoms with E-state index in [4.69, 9.17) is 23.5 Å². The van der Waals surface area contributed by atoms with Crippen LogP contribution in [0, 0.1) is 0 Å². The molecule has 0 rings (SSSR count). The maximum atomic E-state index is 10.6. The average Bonchev–Trinajstić information content (AvgIpc) is 2.19.